The lowest BCUT2D eigenvalue weighted by atomic mass is 10.2. The Balaban J connectivity index is 2.69. The van der Waals surface area contributed by atoms with Crippen LogP contribution in [0.25, 0.3) is 0 Å². The molecular weight excluding hydrogens is 194 g/mol. The van der Waals surface area contributed by atoms with E-state index in [1.165, 1.54) is 0 Å². The highest BCUT2D eigenvalue weighted by Gasteiger charge is 2.04. The van der Waals surface area contributed by atoms with Crippen molar-refractivity contribution in [2.45, 2.75) is 13.0 Å². The van der Waals surface area contributed by atoms with Gasteiger partial charge in [0.2, 0.25) is 0 Å². The molecule has 0 spiro atoms. The number of aliphatic hydroxyl groups is 1. The Labute approximate surface area is 89.6 Å². The molecule has 3 N–H and O–H groups in total. The van der Waals surface area contributed by atoms with Crippen LogP contribution in [0.3, 0.4) is 0 Å². The summed E-state index contributed by atoms with van der Waals surface area (Å²) in [5.74, 6) is 1.36. The molecule has 0 unspecified atom stereocenters. The summed E-state index contributed by atoms with van der Waals surface area (Å²) < 4.78 is 10.6. The summed E-state index contributed by atoms with van der Waals surface area (Å²) in [6.07, 6.45) is 0.613. The topological polar surface area (TPSA) is 64.7 Å². The highest BCUT2D eigenvalue weighted by Crippen LogP contribution is 2.27. The monoisotopic (exact) mass is 211 g/mol. The smallest absolute Gasteiger partial charge is 0.161 e. The summed E-state index contributed by atoms with van der Waals surface area (Å²) in [6, 6.07) is 5.59. The molecule has 0 aliphatic heterocycles. The summed E-state index contributed by atoms with van der Waals surface area (Å²) in [7, 11) is 1.59. The van der Waals surface area contributed by atoms with Gasteiger partial charge in [0.25, 0.3) is 0 Å². The van der Waals surface area contributed by atoms with E-state index in [0.717, 1.165) is 5.56 Å². The zero-order chi connectivity index (χ0) is 11.1. The Kier molecular flexibility index (Phi) is 4.93. The van der Waals surface area contributed by atoms with Gasteiger partial charge in [-0.2, -0.15) is 0 Å². The minimum absolute atomic E-state index is 0.128. The SMILES string of the molecule is COc1cc(CN)ccc1OCCCO. The van der Waals surface area contributed by atoms with Crippen molar-refractivity contribution in [1.29, 1.82) is 0 Å². The van der Waals surface area contributed by atoms with Crippen LogP contribution in [0.1, 0.15) is 12.0 Å². The normalized spacial score (nSPS) is 10.1. The Morgan fingerprint density at radius 2 is 2.13 bits per heavy atom. The summed E-state index contributed by atoms with van der Waals surface area (Å²) in [6.45, 7) is 1.09. The third-order valence-corrected chi connectivity index (χ3v) is 2.02. The first-order chi connectivity index (χ1) is 7.31. The lowest BCUT2D eigenvalue weighted by Gasteiger charge is -2.11. The second kappa shape index (κ2) is 6.27. The van der Waals surface area contributed by atoms with Crippen LogP contribution in [0.4, 0.5) is 0 Å². The number of rotatable bonds is 6. The van der Waals surface area contributed by atoms with E-state index >= 15 is 0 Å². The molecule has 0 bridgehead atoms. The molecule has 0 aliphatic carbocycles. The van der Waals surface area contributed by atoms with E-state index in [2.05, 4.69) is 0 Å². The molecular formula is C11H17NO3. The standard InChI is InChI=1S/C11H17NO3/c1-14-11-7-9(8-12)3-4-10(11)15-6-2-5-13/h3-4,7,13H,2,5-6,8,12H2,1H3. The summed E-state index contributed by atoms with van der Waals surface area (Å²) in [5, 5.41) is 8.63. The summed E-state index contributed by atoms with van der Waals surface area (Å²) in [4.78, 5) is 0. The zero-order valence-corrected chi connectivity index (χ0v) is 8.90. The maximum atomic E-state index is 8.63. The fourth-order valence-corrected chi connectivity index (χ4v) is 1.20. The number of hydrogen-bond acceptors (Lipinski definition) is 4. The fourth-order valence-electron chi connectivity index (χ4n) is 1.20. The van der Waals surface area contributed by atoms with Gasteiger partial charge in [0.15, 0.2) is 11.5 Å². The van der Waals surface area contributed by atoms with Crippen molar-refractivity contribution in [2.75, 3.05) is 20.3 Å². The summed E-state index contributed by atoms with van der Waals surface area (Å²) >= 11 is 0. The van der Waals surface area contributed by atoms with Crippen LogP contribution in [-0.2, 0) is 6.54 Å². The lowest BCUT2D eigenvalue weighted by molar-refractivity contribution is 0.228. The molecule has 0 saturated heterocycles. The average molecular weight is 211 g/mol. The van der Waals surface area contributed by atoms with Gasteiger partial charge in [0, 0.05) is 19.6 Å². The number of ether oxygens (including phenoxy) is 2. The van der Waals surface area contributed by atoms with Crippen molar-refractivity contribution in [1.82, 2.24) is 0 Å². The van der Waals surface area contributed by atoms with Gasteiger partial charge in [0.05, 0.1) is 13.7 Å². The first kappa shape index (κ1) is 11.8. The lowest BCUT2D eigenvalue weighted by Crippen LogP contribution is -2.02. The second-order valence-electron chi connectivity index (χ2n) is 3.11. The predicted molar refractivity (Wildman–Crippen MR) is 58.1 cm³/mol. The second-order valence-corrected chi connectivity index (χ2v) is 3.11. The Hall–Kier alpha value is -1.26. The third-order valence-electron chi connectivity index (χ3n) is 2.02. The zero-order valence-electron chi connectivity index (χ0n) is 8.90. The van der Waals surface area contributed by atoms with Gasteiger partial charge in [-0.1, -0.05) is 6.07 Å². The molecule has 0 amide bonds. The van der Waals surface area contributed by atoms with E-state index in [4.69, 9.17) is 20.3 Å². The quantitative estimate of drug-likeness (QED) is 0.687. The number of methoxy groups -OCH3 is 1. The maximum absolute atomic E-state index is 8.63. The molecule has 15 heavy (non-hydrogen) atoms. The molecule has 0 radical (unpaired) electrons. The average Bonchev–Trinajstić information content (AvgIpc) is 2.29. The van der Waals surface area contributed by atoms with E-state index in [1.54, 1.807) is 7.11 Å². The molecule has 84 valence electrons. The Bertz CT molecular complexity index is 302. The van der Waals surface area contributed by atoms with Crippen molar-refractivity contribution < 1.29 is 14.6 Å². The van der Waals surface area contributed by atoms with Crippen LogP contribution in [0.2, 0.25) is 0 Å². The molecule has 4 heteroatoms. The van der Waals surface area contributed by atoms with Gasteiger partial charge in [-0.25, -0.2) is 0 Å². The Morgan fingerprint density at radius 1 is 1.33 bits per heavy atom. The number of benzene rings is 1. The van der Waals surface area contributed by atoms with E-state index < -0.39 is 0 Å². The molecule has 1 rings (SSSR count). The van der Waals surface area contributed by atoms with Gasteiger partial charge in [0.1, 0.15) is 0 Å². The van der Waals surface area contributed by atoms with E-state index in [1.807, 2.05) is 18.2 Å². The van der Waals surface area contributed by atoms with E-state index in [0.29, 0.717) is 31.1 Å². The van der Waals surface area contributed by atoms with Crippen molar-refractivity contribution in [3.8, 4) is 11.5 Å². The van der Waals surface area contributed by atoms with Crippen molar-refractivity contribution in [2.24, 2.45) is 5.73 Å². The van der Waals surface area contributed by atoms with Crippen LogP contribution >= 0.6 is 0 Å². The highest BCUT2D eigenvalue weighted by molar-refractivity contribution is 5.42. The van der Waals surface area contributed by atoms with Gasteiger partial charge in [-0.05, 0) is 17.7 Å². The minimum Gasteiger partial charge on any atom is -0.493 e. The van der Waals surface area contributed by atoms with Crippen LogP contribution in [0, 0.1) is 0 Å². The molecule has 0 aliphatic rings. The first-order valence-electron chi connectivity index (χ1n) is 4.92. The van der Waals surface area contributed by atoms with Crippen LogP contribution in [-0.4, -0.2) is 25.4 Å². The molecule has 0 aromatic heterocycles. The Morgan fingerprint density at radius 3 is 2.73 bits per heavy atom. The minimum atomic E-state index is 0.128. The molecule has 0 fully saturated rings. The largest absolute Gasteiger partial charge is 0.493 e. The van der Waals surface area contributed by atoms with Crippen LogP contribution in [0.15, 0.2) is 18.2 Å². The molecule has 1 aromatic rings. The van der Waals surface area contributed by atoms with Crippen molar-refractivity contribution in [3.63, 3.8) is 0 Å². The van der Waals surface area contributed by atoms with Gasteiger partial charge >= 0.3 is 0 Å². The predicted octanol–water partition coefficient (Wildman–Crippen LogP) is 0.915. The van der Waals surface area contributed by atoms with Crippen LogP contribution < -0.4 is 15.2 Å². The summed E-state index contributed by atoms with van der Waals surface area (Å²) in [5.41, 5.74) is 6.52. The van der Waals surface area contributed by atoms with Crippen molar-refractivity contribution >= 4 is 0 Å². The fraction of sp³-hybridized carbons (Fsp3) is 0.455. The van der Waals surface area contributed by atoms with E-state index in [9.17, 15) is 0 Å². The molecule has 1 aromatic carbocycles. The molecule has 4 nitrogen and oxygen atoms in total. The van der Waals surface area contributed by atoms with E-state index in [-0.39, 0.29) is 6.61 Å². The van der Waals surface area contributed by atoms with Gasteiger partial charge in [-0.15, -0.1) is 0 Å². The number of aliphatic hydroxyl groups excluding tert-OH is 1. The maximum Gasteiger partial charge on any atom is 0.161 e. The van der Waals surface area contributed by atoms with Gasteiger partial charge < -0.3 is 20.3 Å². The third kappa shape index (κ3) is 3.42. The molecule has 0 atom stereocenters. The number of nitrogens with two attached hydrogens (primary N) is 1. The highest BCUT2D eigenvalue weighted by atomic mass is 16.5. The molecule has 0 heterocycles. The molecule has 0 saturated carbocycles. The van der Waals surface area contributed by atoms with Crippen molar-refractivity contribution in [3.05, 3.63) is 23.8 Å². The van der Waals surface area contributed by atoms with Gasteiger partial charge in [-0.3, -0.25) is 0 Å². The van der Waals surface area contributed by atoms with Crippen LogP contribution in [0.5, 0.6) is 11.5 Å². The first-order valence-corrected chi connectivity index (χ1v) is 4.92. The number of hydrogen-bond donors (Lipinski definition) is 2.